The van der Waals surface area contributed by atoms with E-state index in [1.807, 2.05) is 24.3 Å². The number of halogens is 1. The van der Waals surface area contributed by atoms with Crippen LogP contribution in [0.5, 0.6) is 0 Å². The van der Waals surface area contributed by atoms with Gasteiger partial charge in [0, 0.05) is 28.9 Å². The van der Waals surface area contributed by atoms with Gasteiger partial charge in [-0.15, -0.1) is 22.0 Å². The Kier molecular flexibility index (Phi) is 6.65. The highest BCUT2D eigenvalue weighted by molar-refractivity contribution is 8.01. The Hall–Kier alpha value is -3.83. The third kappa shape index (κ3) is 4.92. The number of aromatic nitrogens is 5. The maximum Gasteiger partial charge on any atom is 0.355 e. The summed E-state index contributed by atoms with van der Waals surface area (Å²) in [6, 6.07) is 13.4. The van der Waals surface area contributed by atoms with Gasteiger partial charge in [0.2, 0.25) is 16.9 Å². The molecule has 5 aromatic rings. The molecular weight excluding hydrogens is 513 g/mol. The summed E-state index contributed by atoms with van der Waals surface area (Å²) in [6.45, 7) is 7.61. The third-order valence-corrected chi connectivity index (χ3v) is 7.66. The zero-order chi connectivity index (χ0) is 26.3. The summed E-state index contributed by atoms with van der Waals surface area (Å²) >= 11 is 3.01. The second-order valence-corrected chi connectivity index (χ2v) is 11.4. The van der Waals surface area contributed by atoms with Crippen LogP contribution in [0.4, 0.5) is 4.39 Å². The Bertz CT molecular complexity index is 1600. The summed E-state index contributed by atoms with van der Waals surface area (Å²) in [5, 5.41) is 23.3. The second-order valence-electron chi connectivity index (χ2n) is 8.54. The van der Waals surface area contributed by atoms with Gasteiger partial charge in [0.25, 0.3) is 0 Å². The van der Waals surface area contributed by atoms with Crippen LogP contribution < -0.4 is 0 Å². The predicted molar refractivity (Wildman–Crippen MR) is 141 cm³/mol. The molecule has 0 atom stereocenters. The normalized spacial score (nSPS) is 11.4. The predicted octanol–water partition coefficient (Wildman–Crippen LogP) is 6.67. The van der Waals surface area contributed by atoms with Crippen LogP contribution >= 0.6 is 23.1 Å². The first-order valence-electron chi connectivity index (χ1n) is 11.4. The number of hydrogen-bond donors (Lipinski definition) is 1. The van der Waals surface area contributed by atoms with E-state index >= 15 is 0 Å². The first kappa shape index (κ1) is 24.8. The van der Waals surface area contributed by atoms with E-state index in [-0.39, 0.29) is 10.9 Å². The molecule has 5 rings (SSSR count). The standard InChI is InChI=1S/C26H22FN5O3S2/c1-13(2)36-25-21(16-8-10-17(11-9-16)23-30-29-15(4)35-23)28-26(37-25)32-22(24(33)34)20(14(3)31-32)18-6-5-7-19(27)12-18/h5-13H,1-4H3,(H,33,34). The minimum Gasteiger partial charge on any atom is -0.476 e. The van der Waals surface area contributed by atoms with Gasteiger partial charge < -0.3 is 9.52 Å². The van der Waals surface area contributed by atoms with E-state index in [0.29, 0.717) is 33.7 Å². The van der Waals surface area contributed by atoms with E-state index in [4.69, 9.17) is 9.40 Å². The van der Waals surface area contributed by atoms with Gasteiger partial charge in [-0.1, -0.05) is 49.4 Å². The largest absolute Gasteiger partial charge is 0.476 e. The minimum absolute atomic E-state index is 0.0633. The lowest BCUT2D eigenvalue weighted by Gasteiger charge is -2.05. The first-order valence-corrected chi connectivity index (χ1v) is 13.1. The van der Waals surface area contributed by atoms with Gasteiger partial charge in [0.05, 0.1) is 15.6 Å². The summed E-state index contributed by atoms with van der Waals surface area (Å²) in [6.07, 6.45) is 0. The van der Waals surface area contributed by atoms with Crippen molar-refractivity contribution in [3.63, 3.8) is 0 Å². The van der Waals surface area contributed by atoms with Crippen molar-refractivity contribution in [2.75, 3.05) is 0 Å². The molecule has 0 saturated heterocycles. The van der Waals surface area contributed by atoms with Crippen molar-refractivity contribution in [2.45, 2.75) is 37.2 Å². The number of rotatable bonds is 7. The minimum atomic E-state index is -1.17. The molecule has 3 aromatic heterocycles. The molecule has 0 bridgehead atoms. The summed E-state index contributed by atoms with van der Waals surface area (Å²) in [5.41, 5.74) is 3.58. The Morgan fingerprint density at radius 1 is 1.08 bits per heavy atom. The number of carboxylic acid groups (broad SMARTS) is 1. The highest BCUT2D eigenvalue weighted by Crippen LogP contribution is 2.41. The average molecular weight is 536 g/mol. The van der Waals surface area contributed by atoms with E-state index < -0.39 is 11.8 Å². The Balaban J connectivity index is 1.62. The maximum absolute atomic E-state index is 13.9. The van der Waals surface area contributed by atoms with Gasteiger partial charge in [0.1, 0.15) is 5.82 Å². The Morgan fingerprint density at radius 2 is 1.81 bits per heavy atom. The molecule has 11 heteroatoms. The van der Waals surface area contributed by atoms with Gasteiger partial charge in [-0.05, 0) is 36.8 Å². The molecule has 0 radical (unpaired) electrons. The fourth-order valence-corrected chi connectivity index (χ4v) is 6.38. The van der Waals surface area contributed by atoms with Crippen LogP contribution in [-0.4, -0.2) is 41.3 Å². The van der Waals surface area contributed by atoms with Crippen LogP contribution in [0.2, 0.25) is 0 Å². The van der Waals surface area contributed by atoms with E-state index in [2.05, 4.69) is 29.1 Å². The molecule has 0 unspecified atom stereocenters. The summed E-state index contributed by atoms with van der Waals surface area (Å²) in [7, 11) is 0. The lowest BCUT2D eigenvalue weighted by molar-refractivity contribution is 0.0688. The smallest absolute Gasteiger partial charge is 0.355 e. The van der Waals surface area contributed by atoms with Crippen LogP contribution in [0, 0.1) is 19.7 Å². The number of carbonyl (C=O) groups is 1. The zero-order valence-corrected chi connectivity index (χ0v) is 22.0. The molecule has 0 saturated carbocycles. The number of aryl methyl sites for hydroxylation is 2. The van der Waals surface area contributed by atoms with Crippen LogP contribution in [0.1, 0.15) is 35.9 Å². The molecular formula is C26H22FN5O3S2. The van der Waals surface area contributed by atoms with Crippen molar-refractivity contribution >= 4 is 29.1 Å². The highest BCUT2D eigenvalue weighted by Gasteiger charge is 2.27. The lowest BCUT2D eigenvalue weighted by Crippen LogP contribution is -2.09. The van der Waals surface area contributed by atoms with Crippen LogP contribution in [-0.2, 0) is 0 Å². The summed E-state index contributed by atoms with van der Waals surface area (Å²) in [5.74, 6) is -0.704. The van der Waals surface area contributed by atoms with Gasteiger partial charge in [0.15, 0.2) is 5.69 Å². The monoisotopic (exact) mass is 535 g/mol. The molecule has 37 heavy (non-hydrogen) atoms. The fourth-order valence-electron chi connectivity index (χ4n) is 3.90. The molecule has 0 fully saturated rings. The van der Waals surface area contributed by atoms with E-state index in [1.54, 1.807) is 37.7 Å². The molecule has 2 aromatic carbocycles. The van der Waals surface area contributed by atoms with Crippen molar-refractivity contribution in [1.29, 1.82) is 0 Å². The van der Waals surface area contributed by atoms with Crippen molar-refractivity contribution < 1.29 is 18.7 Å². The summed E-state index contributed by atoms with van der Waals surface area (Å²) in [4.78, 5) is 17.2. The maximum atomic E-state index is 13.9. The molecule has 0 aliphatic heterocycles. The van der Waals surface area contributed by atoms with Crippen molar-refractivity contribution in [2.24, 2.45) is 0 Å². The number of hydrogen-bond acceptors (Lipinski definition) is 8. The highest BCUT2D eigenvalue weighted by atomic mass is 32.2. The molecule has 8 nitrogen and oxygen atoms in total. The molecule has 188 valence electrons. The molecule has 0 amide bonds. The molecule has 0 spiro atoms. The number of nitrogens with zero attached hydrogens (tertiary/aromatic N) is 5. The number of aromatic carboxylic acids is 1. The van der Waals surface area contributed by atoms with Crippen molar-refractivity contribution in [1.82, 2.24) is 25.0 Å². The number of benzene rings is 2. The topological polar surface area (TPSA) is 107 Å². The lowest BCUT2D eigenvalue weighted by atomic mass is 10.0. The second kappa shape index (κ2) is 9.91. The van der Waals surface area contributed by atoms with Gasteiger partial charge in [-0.2, -0.15) is 9.78 Å². The molecule has 0 aliphatic carbocycles. The zero-order valence-electron chi connectivity index (χ0n) is 20.4. The Labute approximate surface area is 220 Å². The van der Waals surface area contributed by atoms with Crippen LogP contribution in [0.25, 0.3) is 39.0 Å². The SMILES string of the molecule is Cc1nnc(-c2ccc(-c3nc(-n4nc(C)c(-c5cccc(F)c5)c4C(=O)O)sc3SC(C)C)cc2)o1. The van der Waals surface area contributed by atoms with Gasteiger partial charge in [-0.25, -0.2) is 14.2 Å². The van der Waals surface area contributed by atoms with E-state index in [1.165, 1.54) is 28.2 Å². The van der Waals surface area contributed by atoms with E-state index in [0.717, 1.165) is 21.0 Å². The Morgan fingerprint density at radius 3 is 2.43 bits per heavy atom. The van der Waals surface area contributed by atoms with Gasteiger partial charge >= 0.3 is 5.97 Å². The van der Waals surface area contributed by atoms with Crippen LogP contribution in [0.15, 0.2) is 57.2 Å². The van der Waals surface area contributed by atoms with Crippen LogP contribution in [0.3, 0.4) is 0 Å². The molecule has 0 aliphatic rings. The van der Waals surface area contributed by atoms with Crippen molar-refractivity contribution in [3.05, 3.63) is 71.6 Å². The quantitative estimate of drug-likeness (QED) is 0.230. The first-order chi connectivity index (χ1) is 17.7. The number of carboxylic acids is 1. The fraction of sp³-hybridized carbons (Fsp3) is 0.192. The molecule has 1 N–H and O–H groups in total. The summed E-state index contributed by atoms with van der Waals surface area (Å²) < 4.78 is 21.7. The molecule has 3 heterocycles. The van der Waals surface area contributed by atoms with Gasteiger partial charge in [-0.3, -0.25) is 0 Å². The average Bonchev–Trinajstić information content (AvgIpc) is 3.55. The van der Waals surface area contributed by atoms with Crippen molar-refractivity contribution in [3.8, 4) is 39.0 Å². The number of thioether (sulfide) groups is 1. The number of thiazole rings is 1. The van der Waals surface area contributed by atoms with E-state index in [9.17, 15) is 14.3 Å². The third-order valence-electron chi connectivity index (χ3n) is 5.42.